The molecule has 0 bridgehead atoms. The lowest BCUT2D eigenvalue weighted by molar-refractivity contribution is -0.133. The second-order valence-corrected chi connectivity index (χ2v) is 3.74. The molecule has 0 saturated carbocycles. The number of rotatable bonds is 5. The molecule has 0 aliphatic carbocycles. The lowest BCUT2D eigenvalue weighted by Crippen LogP contribution is -2.56. The van der Waals surface area contributed by atoms with Crippen molar-refractivity contribution in [3.63, 3.8) is 0 Å². The zero-order valence-electron chi connectivity index (χ0n) is 9.43. The molecule has 0 aromatic rings. The Morgan fingerprint density at radius 2 is 2.31 bits per heavy atom. The Morgan fingerprint density at radius 3 is 3.00 bits per heavy atom. The largest absolute Gasteiger partial charge is 0.374 e. The molecule has 0 aromatic heterocycles. The van der Waals surface area contributed by atoms with Crippen LogP contribution in [0, 0.1) is 5.41 Å². The first-order chi connectivity index (χ1) is 7.63. The van der Waals surface area contributed by atoms with Crippen LogP contribution in [0.2, 0.25) is 0 Å². The van der Waals surface area contributed by atoms with E-state index in [1.165, 1.54) is 0 Å². The second-order valence-electron chi connectivity index (χ2n) is 3.74. The second kappa shape index (κ2) is 6.09. The Morgan fingerprint density at radius 1 is 1.56 bits per heavy atom. The van der Waals surface area contributed by atoms with E-state index >= 15 is 0 Å². The summed E-state index contributed by atoms with van der Waals surface area (Å²) in [5.41, 5.74) is 0. The fraction of sp³-hybridized carbons (Fsp3) is 0.700. The smallest absolute Gasteiger partial charge is 0.243 e. The van der Waals surface area contributed by atoms with Crippen LogP contribution in [-0.2, 0) is 9.59 Å². The number of hydrogen-bond donors (Lipinski definition) is 4. The van der Waals surface area contributed by atoms with Gasteiger partial charge in [0, 0.05) is 13.0 Å². The molecule has 16 heavy (non-hydrogen) atoms. The first kappa shape index (κ1) is 12.5. The molecule has 0 spiro atoms. The van der Waals surface area contributed by atoms with E-state index in [1.807, 2.05) is 6.92 Å². The highest BCUT2D eigenvalue weighted by atomic mass is 16.2. The van der Waals surface area contributed by atoms with Crippen molar-refractivity contribution in [2.75, 3.05) is 13.1 Å². The molecule has 6 heteroatoms. The van der Waals surface area contributed by atoms with E-state index in [-0.39, 0.29) is 18.4 Å². The molecule has 1 atom stereocenters. The van der Waals surface area contributed by atoms with Crippen LogP contribution in [0.5, 0.6) is 0 Å². The molecule has 0 radical (unpaired) electrons. The predicted molar refractivity (Wildman–Crippen MR) is 60.2 cm³/mol. The van der Waals surface area contributed by atoms with Gasteiger partial charge in [0.05, 0.1) is 12.4 Å². The highest BCUT2D eigenvalue weighted by molar-refractivity contribution is 5.94. The number of nitrogens with one attached hydrogen (secondary N) is 4. The Labute approximate surface area is 94.7 Å². The minimum absolute atomic E-state index is 0.0774. The standard InChI is InChI=1S/C10H18N4O2/c1-2-8(11)12-5-3-4-7-10(16)13-6-9(15)14-7/h7H,2-6H2,1H3,(H2,11,12)(H,13,16)(H,14,15)/t7-/m0/s1. The van der Waals surface area contributed by atoms with Crippen molar-refractivity contribution < 1.29 is 9.59 Å². The molecular formula is C10H18N4O2. The van der Waals surface area contributed by atoms with E-state index in [2.05, 4.69) is 16.0 Å². The quantitative estimate of drug-likeness (QED) is 0.285. The SMILES string of the molecule is CCC(=N)NCCC[C@@H]1NC(=O)CNC1=O. The van der Waals surface area contributed by atoms with Crippen LogP contribution in [0.15, 0.2) is 0 Å². The first-order valence-electron chi connectivity index (χ1n) is 5.52. The van der Waals surface area contributed by atoms with E-state index in [9.17, 15) is 9.59 Å². The van der Waals surface area contributed by atoms with Gasteiger partial charge in [-0.3, -0.25) is 15.0 Å². The molecule has 1 rings (SSSR count). The van der Waals surface area contributed by atoms with Crippen molar-refractivity contribution in [1.29, 1.82) is 5.41 Å². The highest BCUT2D eigenvalue weighted by Crippen LogP contribution is 2.00. The minimum Gasteiger partial charge on any atom is -0.374 e. The normalized spacial score (nSPS) is 19.9. The average molecular weight is 226 g/mol. The first-order valence-corrected chi connectivity index (χ1v) is 5.52. The topological polar surface area (TPSA) is 94.1 Å². The Bertz CT molecular complexity index is 291. The van der Waals surface area contributed by atoms with Crippen molar-refractivity contribution in [2.24, 2.45) is 0 Å². The molecule has 6 nitrogen and oxygen atoms in total. The maximum atomic E-state index is 11.3. The lowest BCUT2D eigenvalue weighted by Gasteiger charge is -2.23. The Kier molecular flexibility index (Phi) is 4.75. The lowest BCUT2D eigenvalue weighted by atomic mass is 10.1. The van der Waals surface area contributed by atoms with Gasteiger partial charge in [0.2, 0.25) is 11.8 Å². The molecule has 90 valence electrons. The Hall–Kier alpha value is -1.59. The summed E-state index contributed by atoms with van der Waals surface area (Å²) in [6, 6.07) is -0.418. The van der Waals surface area contributed by atoms with Crippen molar-refractivity contribution in [3.8, 4) is 0 Å². The fourth-order valence-electron chi connectivity index (χ4n) is 1.48. The number of piperazine rings is 1. The summed E-state index contributed by atoms with van der Waals surface area (Å²) in [4.78, 5) is 22.4. The van der Waals surface area contributed by atoms with Gasteiger partial charge in [-0.05, 0) is 12.8 Å². The van der Waals surface area contributed by atoms with Gasteiger partial charge in [-0.15, -0.1) is 0 Å². The minimum atomic E-state index is -0.418. The molecule has 1 saturated heterocycles. The number of carbonyl (C=O) groups is 2. The zero-order chi connectivity index (χ0) is 12.0. The van der Waals surface area contributed by atoms with Gasteiger partial charge in [0.25, 0.3) is 0 Å². The number of amidine groups is 1. The van der Waals surface area contributed by atoms with Crippen LogP contribution in [-0.4, -0.2) is 36.8 Å². The van der Waals surface area contributed by atoms with Gasteiger partial charge < -0.3 is 16.0 Å². The summed E-state index contributed by atoms with van der Waals surface area (Å²) < 4.78 is 0. The third-order valence-electron chi connectivity index (χ3n) is 2.44. The van der Waals surface area contributed by atoms with E-state index in [4.69, 9.17) is 5.41 Å². The summed E-state index contributed by atoms with van der Waals surface area (Å²) >= 11 is 0. The number of amides is 2. The summed E-state index contributed by atoms with van der Waals surface area (Å²) in [5.74, 6) is 0.237. The molecule has 1 aliphatic rings. The van der Waals surface area contributed by atoms with Crippen molar-refractivity contribution in [3.05, 3.63) is 0 Å². The van der Waals surface area contributed by atoms with Crippen molar-refractivity contribution in [2.45, 2.75) is 32.2 Å². The average Bonchev–Trinajstić information content (AvgIpc) is 2.28. The van der Waals surface area contributed by atoms with Crippen LogP contribution in [0.3, 0.4) is 0 Å². The van der Waals surface area contributed by atoms with Gasteiger partial charge >= 0.3 is 0 Å². The third-order valence-corrected chi connectivity index (χ3v) is 2.44. The summed E-state index contributed by atoms with van der Waals surface area (Å²) in [7, 11) is 0. The van der Waals surface area contributed by atoms with Gasteiger partial charge in [-0.1, -0.05) is 6.92 Å². The van der Waals surface area contributed by atoms with Crippen LogP contribution < -0.4 is 16.0 Å². The fourth-order valence-corrected chi connectivity index (χ4v) is 1.48. The Balaban J connectivity index is 2.18. The molecule has 1 heterocycles. The van der Waals surface area contributed by atoms with Gasteiger partial charge in [0.1, 0.15) is 6.04 Å². The van der Waals surface area contributed by atoms with Crippen LogP contribution in [0.4, 0.5) is 0 Å². The van der Waals surface area contributed by atoms with Crippen LogP contribution >= 0.6 is 0 Å². The van der Waals surface area contributed by atoms with Crippen LogP contribution in [0.25, 0.3) is 0 Å². The molecule has 1 aliphatic heterocycles. The molecule has 0 unspecified atom stereocenters. The van der Waals surface area contributed by atoms with E-state index in [0.29, 0.717) is 25.2 Å². The van der Waals surface area contributed by atoms with E-state index in [0.717, 1.165) is 6.42 Å². The van der Waals surface area contributed by atoms with Crippen molar-refractivity contribution >= 4 is 17.6 Å². The van der Waals surface area contributed by atoms with Crippen LogP contribution in [0.1, 0.15) is 26.2 Å². The monoisotopic (exact) mass is 226 g/mol. The summed E-state index contributed by atoms with van der Waals surface area (Å²) in [5, 5.41) is 15.5. The maximum Gasteiger partial charge on any atom is 0.243 e. The van der Waals surface area contributed by atoms with Gasteiger partial charge in [-0.2, -0.15) is 0 Å². The molecule has 1 fully saturated rings. The number of hydrogen-bond acceptors (Lipinski definition) is 3. The number of carbonyl (C=O) groups excluding carboxylic acids is 2. The molecular weight excluding hydrogens is 208 g/mol. The predicted octanol–water partition coefficient (Wildman–Crippen LogP) is -0.642. The van der Waals surface area contributed by atoms with Gasteiger partial charge in [0.15, 0.2) is 0 Å². The molecule has 4 N–H and O–H groups in total. The van der Waals surface area contributed by atoms with Gasteiger partial charge in [-0.25, -0.2) is 0 Å². The third kappa shape index (κ3) is 3.88. The maximum absolute atomic E-state index is 11.3. The summed E-state index contributed by atoms with van der Waals surface area (Å²) in [6.07, 6.45) is 2.03. The van der Waals surface area contributed by atoms with E-state index < -0.39 is 6.04 Å². The summed E-state index contributed by atoms with van der Waals surface area (Å²) in [6.45, 7) is 2.64. The zero-order valence-corrected chi connectivity index (χ0v) is 9.43. The highest BCUT2D eigenvalue weighted by Gasteiger charge is 2.24. The molecule has 2 amide bonds. The molecule has 0 aromatic carbocycles. The van der Waals surface area contributed by atoms with Crippen molar-refractivity contribution in [1.82, 2.24) is 16.0 Å². The van der Waals surface area contributed by atoms with E-state index in [1.54, 1.807) is 0 Å².